The number of nitrogens with two attached hydrogens (primary N) is 1. The van der Waals surface area contributed by atoms with Crippen molar-refractivity contribution in [2.24, 2.45) is 11.7 Å². The molecule has 18 heavy (non-hydrogen) atoms. The Morgan fingerprint density at radius 2 is 2.17 bits per heavy atom. The second-order valence-electron chi connectivity index (χ2n) is 4.76. The van der Waals surface area contributed by atoms with Gasteiger partial charge in [-0.3, -0.25) is 4.79 Å². The summed E-state index contributed by atoms with van der Waals surface area (Å²) in [6, 6.07) is 1.66. The number of nitrogens with one attached hydrogen (secondary N) is 1. The number of hydrogen-bond donors (Lipinski definition) is 2. The lowest BCUT2D eigenvalue weighted by Crippen LogP contribution is -2.48. The molecule has 98 valence electrons. The van der Waals surface area contributed by atoms with E-state index in [2.05, 4.69) is 5.32 Å². The zero-order chi connectivity index (χ0) is 13.0. The summed E-state index contributed by atoms with van der Waals surface area (Å²) in [7, 11) is 0. The number of thiophene rings is 1. The quantitative estimate of drug-likeness (QED) is 0.835. The van der Waals surface area contributed by atoms with Gasteiger partial charge in [-0.2, -0.15) is 11.3 Å². The van der Waals surface area contributed by atoms with Gasteiger partial charge in [-0.05, 0) is 30.2 Å². The first-order valence-electron chi connectivity index (χ1n) is 6.31. The van der Waals surface area contributed by atoms with Gasteiger partial charge in [-0.25, -0.2) is 0 Å². The smallest absolute Gasteiger partial charge is 0.252 e. The van der Waals surface area contributed by atoms with Gasteiger partial charge in [0, 0.05) is 5.38 Å². The molecule has 1 fully saturated rings. The molecule has 1 aromatic heterocycles. The van der Waals surface area contributed by atoms with Gasteiger partial charge in [0.2, 0.25) is 0 Å². The van der Waals surface area contributed by atoms with Crippen LogP contribution in [0.5, 0.6) is 0 Å². The van der Waals surface area contributed by atoms with Crippen molar-refractivity contribution in [1.82, 2.24) is 5.32 Å². The number of amides is 1. The van der Waals surface area contributed by atoms with E-state index in [1.54, 1.807) is 0 Å². The first-order valence-corrected chi connectivity index (χ1v) is 7.66. The maximum atomic E-state index is 12.0. The highest BCUT2D eigenvalue weighted by atomic mass is 32.1. The molecule has 3 N–H and O–H groups in total. The van der Waals surface area contributed by atoms with Crippen molar-refractivity contribution >= 4 is 34.5 Å². The van der Waals surface area contributed by atoms with Gasteiger partial charge in [0.15, 0.2) is 0 Å². The third-order valence-electron chi connectivity index (χ3n) is 3.50. The largest absolute Gasteiger partial charge is 0.392 e. The molecular formula is C13H18N2OS2. The van der Waals surface area contributed by atoms with Gasteiger partial charge < -0.3 is 11.1 Å². The Balaban J connectivity index is 2.02. The second-order valence-corrected chi connectivity index (χ2v) is 6.02. The molecule has 0 aliphatic heterocycles. The third kappa shape index (κ3) is 3.29. The summed E-state index contributed by atoms with van der Waals surface area (Å²) in [6.07, 6.45) is 5.90. The zero-order valence-corrected chi connectivity index (χ0v) is 11.9. The van der Waals surface area contributed by atoms with Crippen LogP contribution in [0.25, 0.3) is 0 Å². The van der Waals surface area contributed by atoms with Gasteiger partial charge in [0.25, 0.3) is 5.91 Å². The summed E-state index contributed by atoms with van der Waals surface area (Å²) in [5, 5.41) is 6.72. The van der Waals surface area contributed by atoms with E-state index in [-0.39, 0.29) is 11.9 Å². The molecule has 1 heterocycles. The molecule has 5 heteroatoms. The molecule has 2 rings (SSSR count). The molecule has 1 amide bonds. The Kier molecular flexibility index (Phi) is 4.72. The number of rotatable bonds is 4. The van der Waals surface area contributed by atoms with Crippen LogP contribution in [0.3, 0.4) is 0 Å². The average molecular weight is 282 g/mol. The SMILES string of the molecule is NC(=S)C(NC(=O)c1ccsc1)C1CCCCC1. The van der Waals surface area contributed by atoms with Crippen molar-refractivity contribution in [2.45, 2.75) is 38.1 Å². The van der Waals surface area contributed by atoms with Crippen LogP contribution in [-0.2, 0) is 0 Å². The monoisotopic (exact) mass is 282 g/mol. The zero-order valence-electron chi connectivity index (χ0n) is 10.2. The van der Waals surface area contributed by atoms with Gasteiger partial charge in [-0.1, -0.05) is 31.5 Å². The summed E-state index contributed by atoms with van der Waals surface area (Å²) >= 11 is 6.63. The van der Waals surface area contributed by atoms with Crippen LogP contribution in [0.2, 0.25) is 0 Å². The van der Waals surface area contributed by atoms with E-state index in [0.29, 0.717) is 16.5 Å². The second kappa shape index (κ2) is 6.29. The highest BCUT2D eigenvalue weighted by Crippen LogP contribution is 2.27. The fourth-order valence-electron chi connectivity index (χ4n) is 2.51. The minimum atomic E-state index is -0.160. The lowest BCUT2D eigenvalue weighted by molar-refractivity contribution is 0.0932. The Hall–Kier alpha value is -0.940. The molecule has 0 radical (unpaired) electrons. The average Bonchev–Trinajstić information content (AvgIpc) is 2.90. The molecule has 1 aromatic rings. The van der Waals surface area contributed by atoms with E-state index in [1.807, 2.05) is 16.8 Å². The standard InChI is InChI=1S/C13H18N2OS2/c14-12(17)11(9-4-2-1-3-5-9)15-13(16)10-6-7-18-8-10/h6-9,11H,1-5H2,(H2,14,17)(H,15,16). The summed E-state index contributed by atoms with van der Waals surface area (Å²) in [5.74, 6) is 0.332. The van der Waals surface area contributed by atoms with E-state index in [9.17, 15) is 4.79 Å². The van der Waals surface area contributed by atoms with Crippen LogP contribution < -0.4 is 11.1 Å². The number of thiocarbonyl (C=S) groups is 1. The van der Waals surface area contributed by atoms with Crippen molar-refractivity contribution in [2.75, 3.05) is 0 Å². The number of carbonyl (C=O) groups excluding carboxylic acids is 1. The van der Waals surface area contributed by atoms with Gasteiger partial charge in [-0.15, -0.1) is 0 Å². The molecule has 0 spiro atoms. The number of hydrogen-bond acceptors (Lipinski definition) is 3. The molecule has 1 saturated carbocycles. The number of carbonyl (C=O) groups is 1. The van der Waals surface area contributed by atoms with Crippen molar-refractivity contribution in [1.29, 1.82) is 0 Å². The van der Waals surface area contributed by atoms with Crippen LogP contribution in [0.1, 0.15) is 42.5 Å². The first-order chi connectivity index (χ1) is 8.68. The van der Waals surface area contributed by atoms with Gasteiger partial charge in [0.05, 0.1) is 16.6 Å². The molecule has 3 nitrogen and oxygen atoms in total. The minimum absolute atomic E-state index is 0.0698. The predicted molar refractivity (Wildman–Crippen MR) is 78.9 cm³/mol. The highest BCUT2D eigenvalue weighted by Gasteiger charge is 2.27. The Morgan fingerprint density at radius 1 is 1.44 bits per heavy atom. The van der Waals surface area contributed by atoms with E-state index in [1.165, 1.54) is 30.6 Å². The van der Waals surface area contributed by atoms with E-state index in [4.69, 9.17) is 18.0 Å². The summed E-state index contributed by atoms with van der Waals surface area (Å²) < 4.78 is 0. The highest BCUT2D eigenvalue weighted by molar-refractivity contribution is 7.80. The Bertz CT molecular complexity index is 411. The molecule has 0 saturated heterocycles. The van der Waals surface area contributed by atoms with Crippen molar-refractivity contribution in [3.8, 4) is 0 Å². The molecule has 1 atom stereocenters. The summed E-state index contributed by atoms with van der Waals surface area (Å²) in [6.45, 7) is 0. The van der Waals surface area contributed by atoms with Crippen molar-refractivity contribution in [3.05, 3.63) is 22.4 Å². The molecule has 1 unspecified atom stereocenters. The fraction of sp³-hybridized carbons (Fsp3) is 0.538. The molecule has 1 aliphatic rings. The van der Waals surface area contributed by atoms with E-state index in [0.717, 1.165) is 12.8 Å². The maximum Gasteiger partial charge on any atom is 0.252 e. The molecular weight excluding hydrogens is 264 g/mol. The third-order valence-corrected chi connectivity index (χ3v) is 4.43. The van der Waals surface area contributed by atoms with Crippen LogP contribution in [0, 0.1) is 5.92 Å². The lowest BCUT2D eigenvalue weighted by Gasteiger charge is -2.30. The van der Waals surface area contributed by atoms with Crippen LogP contribution in [0.15, 0.2) is 16.8 Å². The summed E-state index contributed by atoms with van der Waals surface area (Å²) in [5.41, 5.74) is 6.48. The first kappa shape index (κ1) is 13.5. The van der Waals surface area contributed by atoms with E-state index < -0.39 is 0 Å². The molecule has 1 aliphatic carbocycles. The maximum absolute atomic E-state index is 12.0. The minimum Gasteiger partial charge on any atom is -0.392 e. The lowest BCUT2D eigenvalue weighted by atomic mass is 9.83. The Morgan fingerprint density at radius 3 is 2.72 bits per heavy atom. The van der Waals surface area contributed by atoms with Gasteiger partial charge >= 0.3 is 0 Å². The van der Waals surface area contributed by atoms with E-state index >= 15 is 0 Å². The normalized spacial score (nSPS) is 18.2. The predicted octanol–water partition coefficient (Wildman–Crippen LogP) is 2.71. The van der Waals surface area contributed by atoms with Gasteiger partial charge in [0.1, 0.15) is 0 Å². The van der Waals surface area contributed by atoms with Crippen LogP contribution in [-0.4, -0.2) is 16.9 Å². The fourth-order valence-corrected chi connectivity index (χ4v) is 3.39. The van der Waals surface area contributed by atoms with Crippen LogP contribution in [0.4, 0.5) is 0 Å². The Labute approximate surface area is 117 Å². The molecule has 0 bridgehead atoms. The van der Waals surface area contributed by atoms with Crippen molar-refractivity contribution in [3.63, 3.8) is 0 Å². The van der Waals surface area contributed by atoms with Crippen molar-refractivity contribution < 1.29 is 4.79 Å². The summed E-state index contributed by atoms with van der Waals surface area (Å²) in [4.78, 5) is 12.5. The van der Waals surface area contributed by atoms with Crippen LogP contribution >= 0.6 is 23.6 Å². The molecule has 0 aromatic carbocycles. The topological polar surface area (TPSA) is 55.1 Å².